The molecular formula is C17H22N2O2S. The quantitative estimate of drug-likeness (QED) is 0.877. The highest BCUT2D eigenvalue weighted by molar-refractivity contribution is 7.14. The molecule has 1 aromatic heterocycles. The summed E-state index contributed by atoms with van der Waals surface area (Å²) in [7, 11) is 0. The predicted octanol–water partition coefficient (Wildman–Crippen LogP) is 4.58. The van der Waals surface area contributed by atoms with Crippen LogP contribution in [0, 0.1) is 5.41 Å². The van der Waals surface area contributed by atoms with E-state index < -0.39 is 5.41 Å². The summed E-state index contributed by atoms with van der Waals surface area (Å²) in [5.41, 5.74) is 1.44. The van der Waals surface area contributed by atoms with Gasteiger partial charge in [0.05, 0.1) is 12.3 Å². The fourth-order valence-corrected chi connectivity index (χ4v) is 2.40. The van der Waals surface area contributed by atoms with Gasteiger partial charge in [-0.1, -0.05) is 27.7 Å². The van der Waals surface area contributed by atoms with Crippen molar-refractivity contribution in [3.8, 4) is 17.0 Å². The second-order valence-electron chi connectivity index (χ2n) is 6.11. The molecule has 0 radical (unpaired) electrons. The average Bonchev–Trinajstić information content (AvgIpc) is 2.93. The Morgan fingerprint density at radius 3 is 2.55 bits per heavy atom. The summed E-state index contributed by atoms with van der Waals surface area (Å²) in [6.07, 6.45) is 0.991. The first-order valence-corrected chi connectivity index (χ1v) is 8.28. The molecule has 0 saturated heterocycles. The SMILES string of the molecule is CCCOc1ccc(-c2csc(NC(=O)C(C)(C)C)n2)cc1. The maximum absolute atomic E-state index is 12.0. The fourth-order valence-electron chi connectivity index (χ4n) is 1.69. The molecular weight excluding hydrogens is 296 g/mol. The number of ether oxygens (including phenoxy) is 1. The average molecular weight is 318 g/mol. The number of hydrogen-bond acceptors (Lipinski definition) is 4. The summed E-state index contributed by atoms with van der Waals surface area (Å²) in [4.78, 5) is 16.4. The van der Waals surface area contributed by atoms with E-state index in [0.717, 1.165) is 30.0 Å². The molecule has 0 aliphatic rings. The minimum atomic E-state index is -0.426. The van der Waals surface area contributed by atoms with Crippen LogP contribution in [0.4, 0.5) is 5.13 Å². The largest absolute Gasteiger partial charge is 0.494 e. The van der Waals surface area contributed by atoms with E-state index in [-0.39, 0.29) is 5.91 Å². The number of rotatable bonds is 5. The van der Waals surface area contributed by atoms with Gasteiger partial charge >= 0.3 is 0 Å². The maximum Gasteiger partial charge on any atom is 0.231 e. The molecule has 1 aromatic carbocycles. The minimum Gasteiger partial charge on any atom is -0.494 e. The third-order valence-electron chi connectivity index (χ3n) is 3.03. The Balaban J connectivity index is 2.06. The predicted molar refractivity (Wildman–Crippen MR) is 91.4 cm³/mol. The molecule has 0 spiro atoms. The normalized spacial score (nSPS) is 11.3. The van der Waals surface area contributed by atoms with E-state index in [4.69, 9.17) is 4.74 Å². The summed E-state index contributed by atoms with van der Waals surface area (Å²) in [6.45, 7) is 8.44. The van der Waals surface area contributed by atoms with Crippen LogP contribution in [0.25, 0.3) is 11.3 Å². The monoisotopic (exact) mass is 318 g/mol. The van der Waals surface area contributed by atoms with Gasteiger partial charge in [0.2, 0.25) is 5.91 Å². The molecule has 0 saturated carbocycles. The first-order chi connectivity index (χ1) is 10.4. The molecule has 0 aliphatic carbocycles. The topological polar surface area (TPSA) is 51.2 Å². The van der Waals surface area contributed by atoms with E-state index in [9.17, 15) is 4.79 Å². The second-order valence-corrected chi connectivity index (χ2v) is 6.97. The van der Waals surface area contributed by atoms with Crippen LogP contribution in [0.2, 0.25) is 0 Å². The van der Waals surface area contributed by atoms with Gasteiger partial charge in [0, 0.05) is 16.4 Å². The van der Waals surface area contributed by atoms with Crippen molar-refractivity contribution in [3.05, 3.63) is 29.6 Å². The first-order valence-electron chi connectivity index (χ1n) is 7.40. The molecule has 5 heteroatoms. The number of carbonyl (C=O) groups excluding carboxylic acids is 1. The molecule has 2 aromatic rings. The van der Waals surface area contributed by atoms with Crippen molar-refractivity contribution in [2.45, 2.75) is 34.1 Å². The van der Waals surface area contributed by atoms with Crippen LogP contribution in [-0.4, -0.2) is 17.5 Å². The molecule has 0 bridgehead atoms. The number of amides is 1. The van der Waals surface area contributed by atoms with E-state index >= 15 is 0 Å². The lowest BCUT2D eigenvalue weighted by Gasteiger charge is -2.15. The number of hydrogen-bond donors (Lipinski definition) is 1. The molecule has 22 heavy (non-hydrogen) atoms. The van der Waals surface area contributed by atoms with Gasteiger partial charge in [0.1, 0.15) is 5.75 Å². The lowest BCUT2D eigenvalue weighted by atomic mass is 9.96. The lowest BCUT2D eigenvalue weighted by molar-refractivity contribution is -0.123. The number of nitrogens with zero attached hydrogens (tertiary/aromatic N) is 1. The lowest BCUT2D eigenvalue weighted by Crippen LogP contribution is -2.27. The zero-order valence-electron chi connectivity index (χ0n) is 13.5. The van der Waals surface area contributed by atoms with Crippen molar-refractivity contribution >= 4 is 22.4 Å². The van der Waals surface area contributed by atoms with Gasteiger partial charge in [-0.3, -0.25) is 4.79 Å². The van der Waals surface area contributed by atoms with Crippen LogP contribution < -0.4 is 10.1 Å². The standard InChI is InChI=1S/C17H22N2O2S/c1-5-10-21-13-8-6-12(7-9-13)14-11-22-16(18-14)19-15(20)17(2,3)4/h6-9,11H,5,10H2,1-4H3,(H,18,19,20). The number of aromatic nitrogens is 1. The van der Waals surface area contributed by atoms with Gasteiger partial charge in [0.15, 0.2) is 5.13 Å². The molecule has 1 amide bonds. The van der Waals surface area contributed by atoms with Crippen molar-refractivity contribution in [1.29, 1.82) is 0 Å². The molecule has 0 unspecified atom stereocenters. The highest BCUT2D eigenvalue weighted by Crippen LogP contribution is 2.27. The number of nitrogens with one attached hydrogen (secondary N) is 1. The number of thiazole rings is 1. The van der Waals surface area contributed by atoms with E-state index in [1.807, 2.05) is 50.4 Å². The van der Waals surface area contributed by atoms with Crippen LogP contribution in [-0.2, 0) is 4.79 Å². The maximum atomic E-state index is 12.0. The van der Waals surface area contributed by atoms with Crippen LogP contribution in [0.3, 0.4) is 0 Å². The molecule has 0 atom stereocenters. The van der Waals surface area contributed by atoms with Crippen molar-refractivity contribution in [2.24, 2.45) is 5.41 Å². The highest BCUT2D eigenvalue weighted by Gasteiger charge is 2.22. The Bertz CT molecular complexity index is 627. The van der Waals surface area contributed by atoms with E-state index in [1.165, 1.54) is 11.3 Å². The highest BCUT2D eigenvalue weighted by atomic mass is 32.1. The first kappa shape index (κ1) is 16.5. The summed E-state index contributed by atoms with van der Waals surface area (Å²) in [6, 6.07) is 7.85. The second kappa shape index (κ2) is 6.92. The third-order valence-corrected chi connectivity index (χ3v) is 3.79. The van der Waals surface area contributed by atoms with Gasteiger partial charge in [0.25, 0.3) is 0 Å². The van der Waals surface area contributed by atoms with Crippen molar-refractivity contribution in [2.75, 3.05) is 11.9 Å². The molecule has 1 N–H and O–H groups in total. The Labute approximate surface area is 135 Å². The van der Waals surface area contributed by atoms with E-state index in [1.54, 1.807) is 0 Å². The zero-order valence-corrected chi connectivity index (χ0v) is 14.3. The van der Waals surface area contributed by atoms with Gasteiger partial charge < -0.3 is 10.1 Å². The Morgan fingerprint density at radius 2 is 1.95 bits per heavy atom. The molecule has 0 aliphatic heterocycles. The third kappa shape index (κ3) is 4.31. The molecule has 118 valence electrons. The molecule has 2 rings (SSSR count). The smallest absolute Gasteiger partial charge is 0.231 e. The van der Waals surface area contributed by atoms with Crippen LogP contribution in [0.1, 0.15) is 34.1 Å². The Hall–Kier alpha value is -1.88. The zero-order chi connectivity index (χ0) is 16.2. The fraction of sp³-hybridized carbons (Fsp3) is 0.412. The van der Waals surface area contributed by atoms with Crippen LogP contribution in [0.15, 0.2) is 29.6 Å². The van der Waals surface area contributed by atoms with Crippen LogP contribution >= 0.6 is 11.3 Å². The molecule has 0 fully saturated rings. The van der Waals surface area contributed by atoms with Crippen molar-refractivity contribution in [1.82, 2.24) is 4.98 Å². The minimum absolute atomic E-state index is 0.0308. The van der Waals surface area contributed by atoms with Crippen LogP contribution in [0.5, 0.6) is 5.75 Å². The number of carbonyl (C=O) groups is 1. The van der Waals surface area contributed by atoms with Gasteiger partial charge in [-0.2, -0.15) is 0 Å². The number of benzene rings is 1. The van der Waals surface area contributed by atoms with E-state index in [2.05, 4.69) is 17.2 Å². The summed E-state index contributed by atoms with van der Waals surface area (Å²) >= 11 is 1.43. The van der Waals surface area contributed by atoms with E-state index in [0.29, 0.717) is 5.13 Å². The van der Waals surface area contributed by atoms with Gasteiger partial charge in [-0.15, -0.1) is 11.3 Å². The summed E-state index contributed by atoms with van der Waals surface area (Å²) in [5.74, 6) is 0.832. The molecule has 4 nitrogen and oxygen atoms in total. The summed E-state index contributed by atoms with van der Waals surface area (Å²) in [5, 5.41) is 5.43. The van der Waals surface area contributed by atoms with Gasteiger partial charge in [-0.25, -0.2) is 4.98 Å². The Kier molecular flexibility index (Phi) is 5.19. The summed E-state index contributed by atoms with van der Waals surface area (Å²) < 4.78 is 5.57. The van der Waals surface area contributed by atoms with Gasteiger partial charge in [-0.05, 0) is 30.7 Å². The molecule has 1 heterocycles. The van der Waals surface area contributed by atoms with Crippen molar-refractivity contribution < 1.29 is 9.53 Å². The van der Waals surface area contributed by atoms with Crippen molar-refractivity contribution in [3.63, 3.8) is 0 Å². The number of anilines is 1. The Morgan fingerprint density at radius 1 is 1.27 bits per heavy atom.